The Balaban J connectivity index is 2.50. The largest absolute Gasteiger partial charge is 0.406 e. The molecule has 1 rings (SSSR count). The van der Waals surface area contributed by atoms with E-state index >= 15 is 0 Å². The van der Waals surface area contributed by atoms with E-state index in [1.54, 1.807) is 0 Å². The zero-order valence-electron chi connectivity index (χ0n) is 6.56. The average Bonchev–Trinajstić information content (AvgIpc) is 2.16. The number of carbonyl (C=O) groups excluding carboxylic acids is 1. The second-order valence-corrected chi connectivity index (χ2v) is 2.20. The molecule has 1 saturated heterocycles. The van der Waals surface area contributed by atoms with Crippen LogP contribution >= 0.6 is 0 Å². The number of urea groups is 1. The van der Waals surface area contributed by atoms with Crippen molar-refractivity contribution in [3.05, 3.63) is 0 Å². The average molecular weight is 169 g/mol. The van der Waals surface area contributed by atoms with Gasteiger partial charge in [-0.2, -0.15) is 13.2 Å². The van der Waals surface area contributed by atoms with E-state index < -0.39 is 18.8 Å². The van der Waals surface area contributed by atoms with E-state index in [4.69, 9.17) is 1.41 Å². The molecular formula is C5H7F3N2O. The third-order valence-electron chi connectivity index (χ3n) is 1.26. The molecule has 0 bridgehead atoms. The second kappa shape index (κ2) is 2.60. The van der Waals surface area contributed by atoms with Crippen molar-refractivity contribution in [2.75, 3.05) is 19.6 Å². The molecule has 1 N–H and O–H groups in total. The summed E-state index contributed by atoms with van der Waals surface area (Å²) in [5, 5.41) is 0.520. The fourth-order valence-electron chi connectivity index (χ4n) is 0.825. The van der Waals surface area contributed by atoms with Crippen LogP contribution in [0.25, 0.3) is 0 Å². The van der Waals surface area contributed by atoms with Gasteiger partial charge in [-0.05, 0) is 0 Å². The lowest BCUT2D eigenvalue weighted by Crippen LogP contribution is -2.36. The Morgan fingerprint density at radius 2 is 2.36 bits per heavy atom. The van der Waals surface area contributed by atoms with E-state index in [0.717, 1.165) is 0 Å². The first-order valence-electron chi connectivity index (χ1n) is 3.47. The summed E-state index contributed by atoms with van der Waals surface area (Å²) in [6.45, 7) is -1.25. The Labute approximate surface area is 62.6 Å². The van der Waals surface area contributed by atoms with Gasteiger partial charge >= 0.3 is 12.2 Å². The van der Waals surface area contributed by atoms with Crippen LogP contribution in [-0.2, 0) is 0 Å². The summed E-state index contributed by atoms with van der Waals surface area (Å²) in [5.74, 6) is 0. The summed E-state index contributed by atoms with van der Waals surface area (Å²) in [6, 6.07) is -0.882. The maximum absolute atomic E-state index is 11.7. The second-order valence-electron chi connectivity index (χ2n) is 2.20. The molecule has 0 radical (unpaired) electrons. The van der Waals surface area contributed by atoms with Crippen molar-refractivity contribution in [3.8, 4) is 0 Å². The van der Waals surface area contributed by atoms with Crippen molar-refractivity contribution in [2.24, 2.45) is 0 Å². The summed E-state index contributed by atoms with van der Waals surface area (Å²) in [6.07, 6.45) is -4.37. The minimum absolute atomic E-state index is 0.0259. The molecular weight excluding hydrogens is 161 g/mol. The van der Waals surface area contributed by atoms with Crippen molar-refractivity contribution in [3.63, 3.8) is 0 Å². The number of alkyl halides is 3. The number of halogens is 3. The van der Waals surface area contributed by atoms with Gasteiger partial charge in [-0.3, -0.25) is 0 Å². The Bertz CT molecular complexity index is 196. The van der Waals surface area contributed by atoms with Crippen LogP contribution in [0.2, 0.25) is 1.41 Å². The van der Waals surface area contributed by atoms with Crippen molar-refractivity contribution in [1.82, 2.24) is 10.2 Å². The highest BCUT2D eigenvalue weighted by molar-refractivity contribution is 5.76. The summed E-state index contributed by atoms with van der Waals surface area (Å²) >= 11 is 0. The third kappa shape index (κ3) is 2.28. The Morgan fingerprint density at radius 1 is 1.73 bits per heavy atom. The Hall–Kier alpha value is -0.940. The normalized spacial score (nSPS) is 21.0. The Morgan fingerprint density at radius 3 is 2.73 bits per heavy atom. The van der Waals surface area contributed by atoms with Gasteiger partial charge in [-0.1, -0.05) is 0 Å². The molecule has 0 spiro atoms. The number of amides is 2. The van der Waals surface area contributed by atoms with Crippen molar-refractivity contribution in [2.45, 2.75) is 6.18 Å². The minimum Gasteiger partial charge on any atom is -0.336 e. The van der Waals surface area contributed by atoms with E-state index in [1.807, 2.05) is 0 Å². The molecule has 1 aliphatic rings. The van der Waals surface area contributed by atoms with Gasteiger partial charge in [0.25, 0.3) is 0 Å². The molecule has 3 nitrogen and oxygen atoms in total. The summed E-state index contributed by atoms with van der Waals surface area (Å²) in [7, 11) is 0. The molecule has 0 atom stereocenters. The van der Waals surface area contributed by atoms with Crippen LogP contribution in [0.5, 0.6) is 0 Å². The molecule has 0 aromatic carbocycles. The molecule has 6 heteroatoms. The maximum Gasteiger partial charge on any atom is 0.406 e. The third-order valence-corrected chi connectivity index (χ3v) is 1.26. The first-order chi connectivity index (χ1) is 5.40. The predicted octanol–water partition coefficient (Wildman–Crippen LogP) is 0.574. The van der Waals surface area contributed by atoms with E-state index in [-0.39, 0.29) is 13.1 Å². The van der Waals surface area contributed by atoms with Crippen LogP contribution in [0, 0.1) is 0 Å². The highest BCUT2D eigenvalue weighted by atomic mass is 19.4. The molecule has 0 unspecified atom stereocenters. The van der Waals surface area contributed by atoms with Gasteiger partial charge in [0.15, 0.2) is 1.41 Å². The zero-order chi connectivity index (χ0) is 9.35. The van der Waals surface area contributed by atoms with Crippen LogP contribution in [0.1, 0.15) is 0 Å². The molecule has 0 aromatic rings. The van der Waals surface area contributed by atoms with Gasteiger partial charge in [0.2, 0.25) is 0 Å². The van der Waals surface area contributed by atoms with Gasteiger partial charge in [-0.25, -0.2) is 4.79 Å². The first kappa shape index (κ1) is 6.75. The maximum atomic E-state index is 11.7. The zero-order valence-corrected chi connectivity index (χ0v) is 5.56. The molecule has 1 heterocycles. The molecule has 1 fully saturated rings. The van der Waals surface area contributed by atoms with Crippen molar-refractivity contribution < 1.29 is 19.4 Å². The van der Waals surface area contributed by atoms with Crippen LogP contribution in [0.4, 0.5) is 18.0 Å². The van der Waals surface area contributed by atoms with E-state index in [0.29, 0.717) is 10.2 Å². The van der Waals surface area contributed by atoms with Crippen LogP contribution in [0.3, 0.4) is 0 Å². The fourth-order valence-corrected chi connectivity index (χ4v) is 0.825. The number of nitrogens with one attached hydrogen (secondary N) is 1. The molecule has 1 aliphatic heterocycles. The lowest BCUT2D eigenvalue weighted by atomic mass is 10.5. The van der Waals surface area contributed by atoms with E-state index in [2.05, 4.69) is 0 Å². The quantitative estimate of drug-likeness (QED) is 0.611. The molecule has 2 amide bonds. The van der Waals surface area contributed by atoms with Gasteiger partial charge in [0, 0.05) is 13.1 Å². The van der Waals surface area contributed by atoms with Gasteiger partial charge < -0.3 is 10.2 Å². The Kier molecular flexibility index (Phi) is 1.59. The fraction of sp³-hybridized carbons (Fsp3) is 0.800. The van der Waals surface area contributed by atoms with E-state index in [1.165, 1.54) is 0 Å². The van der Waals surface area contributed by atoms with Crippen LogP contribution in [0.15, 0.2) is 0 Å². The molecule has 11 heavy (non-hydrogen) atoms. The van der Waals surface area contributed by atoms with Crippen molar-refractivity contribution in [1.29, 1.82) is 0 Å². The first-order valence-corrected chi connectivity index (χ1v) is 3.02. The highest BCUT2D eigenvalue weighted by Gasteiger charge is 2.34. The summed E-state index contributed by atoms with van der Waals surface area (Å²) in [4.78, 5) is 11.4. The number of rotatable bonds is 1. The van der Waals surface area contributed by atoms with Crippen LogP contribution < -0.4 is 5.31 Å². The summed E-state index contributed by atoms with van der Waals surface area (Å²) in [5.41, 5.74) is 0. The molecule has 0 saturated carbocycles. The molecule has 64 valence electrons. The smallest absolute Gasteiger partial charge is 0.336 e. The van der Waals surface area contributed by atoms with Crippen LogP contribution in [-0.4, -0.2) is 36.7 Å². The minimum atomic E-state index is -4.37. The molecule has 0 aromatic heterocycles. The number of nitrogens with zero attached hydrogens (tertiary/aromatic N) is 1. The van der Waals surface area contributed by atoms with Gasteiger partial charge in [-0.15, -0.1) is 0 Å². The standard InChI is InChI=1S/C5H7F3N2O/c6-5(7,8)3-10-2-1-9-4(10)11/h1-3H2,(H,9,11)/i/hD. The monoisotopic (exact) mass is 169 g/mol. The number of carbonyl (C=O) groups is 1. The SMILES string of the molecule is [2H]N1CCN(CC(F)(F)F)C1=O. The van der Waals surface area contributed by atoms with Gasteiger partial charge in [0.1, 0.15) is 6.54 Å². The molecule has 0 aliphatic carbocycles. The van der Waals surface area contributed by atoms with Crippen molar-refractivity contribution >= 4 is 6.03 Å². The number of hydrogen-bond donors (Lipinski definition) is 1. The predicted molar refractivity (Wildman–Crippen MR) is 31.0 cm³/mol. The number of hydrogen-bond acceptors (Lipinski definition) is 1. The van der Waals surface area contributed by atoms with E-state index in [9.17, 15) is 18.0 Å². The highest BCUT2D eigenvalue weighted by Crippen LogP contribution is 2.17. The summed E-state index contributed by atoms with van der Waals surface area (Å²) < 4.78 is 42.1. The topological polar surface area (TPSA) is 32.3 Å². The lowest BCUT2D eigenvalue weighted by Gasteiger charge is -2.15. The lowest BCUT2D eigenvalue weighted by molar-refractivity contribution is -0.138. The van der Waals surface area contributed by atoms with Gasteiger partial charge in [0.05, 0.1) is 0 Å².